The number of ether oxygens (including phenoxy) is 5. The van der Waals surface area contributed by atoms with Crippen molar-refractivity contribution in [1.82, 2.24) is 5.48 Å². The molecule has 0 unspecified atom stereocenters. The summed E-state index contributed by atoms with van der Waals surface area (Å²) in [7, 11) is 6.01. The first-order valence-corrected chi connectivity index (χ1v) is 10.2. The summed E-state index contributed by atoms with van der Waals surface area (Å²) in [5.74, 6) is 1.60. The van der Waals surface area contributed by atoms with Gasteiger partial charge < -0.3 is 23.7 Å². The zero-order valence-electron chi connectivity index (χ0n) is 19.2. The van der Waals surface area contributed by atoms with Crippen molar-refractivity contribution in [3.05, 3.63) is 47.5 Å². The number of hydroxylamine groups is 1. The van der Waals surface area contributed by atoms with Gasteiger partial charge in [0, 0.05) is 12.0 Å². The third-order valence-corrected chi connectivity index (χ3v) is 4.74. The lowest BCUT2D eigenvalue weighted by atomic mass is 10.1. The van der Waals surface area contributed by atoms with E-state index < -0.39 is 5.91 Å². The molecule has 2 aromatic rings. The minimum atomic E-state index is -0.434. The first kappa shape index (κ1) is 25.5. The standard InChI is InChI=1S/C24H29NO8/c1-29-19-11-9-16(13-20(19)33-12-6-5-7-23(27)25-28)8-10-18(26)17-14-21(30-2)24(32-4)22(15-17)31-3/h8-11,13-15,28H,5-7,12H2,1-4H3,(H,25,27)/b10-8+. The molecule has 0 radical (unpaired) electrons. The smallest absolute Gasteiger partial charge is 0.243 e. The first-order chi connectivity index (χ1) is 16.0. The molecule has 0 spiro atoms. The molecule has 0 fully saturated rings. The molecule has 0 aromatic heterocycles. The summed E-state index contributed by atoms with van der Waals surface area (Å²) < 4.78 is 27.0. The Morgan fingerprint density at radius 1 is 0.879 bits per heavy atom. The molecule has 9 nitrogen and oxygen atoms in total. The number of rotatable bonds is 13. The van der Waals surface area contributed by atoms with E-state index in [0.29, 0.717) is 53.8 Å². The van der Waals surface area contributed by atoms with Crippen LogP contribution in [0.15, 0.2) is 36.4 Å². The molecule has 178 valence electrons. The van der Waals surface area contributed by atoms with Crippen molar-refractivity contribution >= 4 is 17.8 Å². The highest BCUT2D eigenvalue weighted by Crippen LogP contribution is 2.38. The second-order valence-corrected chi connectivity index (χ2v) is 6.86. The number of carbonyl (C=O) groups is 2. The fourth-order valence-electron chi connectivity index (χ4n) is 3.03. The highest BCUT2D eigenvalue weighted by atomic mass is 16.5. The average molecular weight is 459 g/mol. The van der Waals surface area contributed by atoms with E-state index in [9.17, 15) is 9.59 Å². The van der Waals surface area contributed by atoms with Crippen molar-refractivity contribution in [3.63, 3.8) is 0 Å². The summed E-state index contributed by atoms with van der Waals surface area (Å²) in [5.41, 5.74) is 2.73. The number of hydrogen-bond donors (Lipinski definition) is 2. The number of methoxy groups -OCH3 is 4. The van der Waals surface area contributed by atoms with Crippen LogP contribution in [0.25, 0.3) is 6.08 Å². The van der Waals surface area contributed by atoms with Gasteiger partial charge in [-0.2, -0.15) is 0 Å². The second-order valence-electron chi connectivity index (χ2n) is 6.86. The quantitative estimate of drug-likeness (QED) is 0.153. The minimum Gasteiger partial charge on any atom is -0.493 e. The largest absolute Gasteiger partial charge is 0.493 e. The van der Waals surface area contributed by atoms with Gasteiger partial charge in [-0.25, -0.2) is 5.48 Å². The third kappa shape index (κ3) is 7.15. The summed E-state index contributed by atoms with van der Waals surface area (Å²) in [4.78, 5) is 23.8. The third-order valence-electron chi connectivity index (χ3n) is 4.74. The maximum atomic E-state index is 12.7. The SMILES string of the molecule is COc1ccc(/C=C/C(=O)c2cc(OC)c(OC)c(OC)c2)cc1OCCCCC(=O)NO. The molecule has 0 heterocycles. The number of unbranched alkanes of at least 4 members (excludes halogenated alkanes) is 1. The predicted octanol–water partition coefficient (Wildman–Crippen LogP) is 3.67. The normalized spacial score (nSPS) is 10.6. The van der Waals surface area contributed by atoms with E-state index in [-0.39, 0.29) is 12.2 Å². The molecule has 33 heavy (non-hydrogen) atoms. The molecule has 2 aromatic carbocycles. The van der Waals surface area contributed by atoms with E-state index in [2.05, 4.69) is 0 Å². The van der Waals surface area contributed by atoms with Crippen LogP contribution in [-0.2, 0) is 4.79 Å². The molecule has 1 amide bonds. The van der Waals surface area contributed by atoms with Gasteiger partial charge in [0.25, 0.3) is 0 Å². The van der Waals surface area contributed by atoms with Crippen LogP contribution in [0.2, 0.25) is 0 Å². The van der Waals surface area contributed by atoms with Crippen LogP contribution in [0.1, 0.15) is 35.2 Å². The van der Waals surface area contributed by atoms with Crippen molar-refractivity contribution < 1.29 is 38.5 Å². The molecule has 0 saturated carbocycles. The number of benzene rings is 2. The fourth-order valence-corrected chi connectivity index (χ4v) is 3.03. The summed E-state index contributed by atoms with van der Waals surface area (Å²) in [6.45, 7) is 0.368. The molecule has 0 aliphatic rings. The van der Waals surface area contributed by atoms with Gasteiger partial charge in [-0.05, 0) is 48.7 Å². The number of hydrogen-bond acceptors (Lipinski definition) is 8. The van der Waals surface area contributed by atoms with E-state index >= 15 is 0 Å². The van der Waals surface area contributed by atoms with Gasteiger partial charge in [0.15, 0.2) is 28.8 Å². The van der Waals surface area contributed by atoms with Crippen molar-refractivity contribution in [2.75, 3.05) is 35.0 Å². The summed E-state index contributed by atoms with van der Waals surface area (Å²) in [6.07, 6.45) is 4.51. The van der Waals surface area contributed by atoms with Gasteiger partial charge >= 0.3 is 0 Å². The van der Waals surface area contributed by atoms with Crippen molar-refractivity contribution in [2.24, 2.45) is 0 Å². The van der Waals surface area contributed by atoms with Gasteiger partial charge in [0.1, 0.15) is 0 Å². The van der Waals surface area contributed by atoms with Crippen LogP contribution in [0.3, 0.4) is 0 Å². The Labute approximate surface area is 192 Å². The highest BCUT2D eigenvalue weighted by molar-refractivity contribution is 6.07. The topological polar surface area (TPSA) is 113 Å². The maximum absolute atomic E-state index is 12.7. The molecular formula is C24H29NO8. The molecule has 0 aliphatic heterocycles. The van der Waals surface area contributed by atoms with E-state index in [1.54, 1.807) is 41.9 Å². The zero-order valence-corrected chi connectivity index (χ0v) is 19.2. The molecule has 0 aliphatic carbocycles. The molecular weight excluding hydrogens is 430 g/mol. The fraction of sp³-hybridized carbons (Fsp3) is 0.333. The van der Waals surface area contributed by atoms with Crippen molar-refractivity contribution in [3.8, 4) is 28.7 Å². The summed E-state index contributed by atoms with van der Waals surface area (Å²) in [6, 6.07) is 8.49. The molecule has 0 saturated heterocycles. The number of allylic oxidation sites excluding steroid dienone is 1. The van der Waals surface area contributed by atoms with Gasteiger partial charge in [0.05, 0.1) is 35.0 Å². The lowest BCUT2D eigenvalue weighted by Gasteiger charge is -2.13. The van der Waals surface area contributed by atoms with Crippen molar-refractivity contribution in [2.45, 2.75) is 19.3 Å². The van der Waals surface area contributed by atoms with Gasteiger partial charge in [-0.3, -0.25) is 14.8 Å². The Kier molecular flexibility index (Phi) is 10.0. The monoisotopic (exact) mass is 459 g/mol. The lowest BCUT2D eigenvalue weighted by Crippen LogP contribution is -2.18. The average Bonchev–Trinajstić information content (AvgIpc) is 2.85. The first-order valence-electron chi connectivity index (χ1n) is 10.2. The Bertz CT molecular complexity index is 961. The summed E-state index contributed by atoms with van der Waals surface area (Å²) in [5, 5.41) is 8.51. The van der Waals surface area contributed by atoms with E-state index in [4.69, 9.17) is 28.9 Å². The van der Waals surface area contributed by atoms with E-state index in [0.717, 1.165) is 5.56 Å². The number of amides is 1. The number of nitrogens with one attached hydrogen (secondary N) is 1. The molecule has 2 N–H and O–H groups in total. The second kappa shape index (κ2) is 13.0. The van der Waals surface area contributed by atoms with Crippen LogP contribution >= 0.6 is 0 Å². The number of carbonyl (C=O) groups excluding carboxylic acids is 2. The van der Waals surface area contributed by atoms with Gasteiger partial charge in [0.2, 0.25) is 11.7 Å². The Morgan fingerprint density at radius 2 is 1.55 bits per heavy atom. The van der Waals surface area contributed by atoms with Crippen LogP contribution in [0.5, 0.6) is 28.7 Å². The Hall–Kier alpha value is -3.72. The molecule has 0 bridgehead atoms. The maximum Gasteiger partial charge on any atom is 0.243 e. The van der Waals surface area contributed by atoms with E-state index in [1.165, 1.54) is 34.5 Å². The molecule has 9 heteroatoms. The number of ketones is 1. The molecule has 0 atom stereocenters. The van der Waals surface area contributed by atoms with Crippen LogP contribution in [0, 0.1) is 0 Å². The Morgan fingerprint density at radius 3 is 2.12 bits per heavy atom. The van der Waals surface area contributed by atoms with E-state index in [1.807, 2.05) is 0 Å². The van der Waals surface area contributed by atoms with Crippen LogP contribution < -0.4 is 29.2 Å². The van der Waals surface area contributed by atoms with Gasteiger partial charge in [-0.15, -0.1) is 0 Å². The summed E-state index contributed by atoms with van der Waals surface area (Å²) >= 11 is 0. The Balaban J connectivity index is 2.12. The van der Waals surface area contributed by atoms with Crippen molar-refractivity contribution in [1.29, 1.82) is 0 Å². The lowest BCUT2D eigenvalue weighted by molar-refractivity contribution is -0.129. The van der Waals surface area contributed by atoms with Gasteiger partial charge in [-0.1, -0.05) is 12.1 Å². The highest BCUT2D eigenvalue weighted by Gasteiger charge is 2.16. The predicted molar refractivity (Wildman–Crippen MR) is 122 cm³/mol. The molecule has 2 rings (SSSR count). The minimum absolute atomic E-state index is 0.211. The van der Waals surface area contributed by atoms with Crippen LogP contribution in [0.4, 0.5) is 0 Å². The zero-order chi connectivity index (χ0) is 24.2. The van der Waals surface area contributed by atoms with Crippen LogP contribution in [-0.4, -0.2) is 51.9 Å².